The Bertz CT molecular complexity index is 572. The maximum Gasteiger partial charge on any atom is 0.110 e. The third-order valence-corrected chi connectivity index (χ3v) is 5.65. The van der Waals surface area contributed by atoms with Crippen molar-refractivity contribution in [2.24, 2.45) is 0 Å². The molecule has 1 aliphatic rings. The van der Waals surface area contributed by atoms with E-state index in [0.29, 0.717) is 18.0 Å². The van der Waals surface area contributed by atoms with Crippen molar-refractivity contribution in [3.05, 3.63) is 50.4 Å². The Balaban J connectivity index is 1.52. The summed E-state index contributed by atoms with van der Waals surface area (Å²) in [7, 11) is 0. The predicted octanol–water partition coefficient (Wildman–Crippen LogP) is 4.81. The number of aryl methyl sites for hydroxylation is 1. The van der Waals surface area contributed by atoms with Crippen LogP contribution in [-0.2, 0) is 0 Å². The normalized spacial score (nSPS) is 23.4. The molecule has 0 spiro atoms. The first-order valence-electron chi connectivity index (χ1n) is 7.05. The average molecular weight is 351 g/mol. The summed E-state index contributed by atoms with van der Waals surface area (Å²) in [5.41, 5.74) is 2.59. The molecule has 1 N–H and O–H groups in total. The molecule has 1 aliphatic carbocycles. The van der Waals surface area contributed by atoms with Crippen molar-refractivity contribution in [1.82, 2.24) is 10.3 Å². The van der Waals surface area contributed by atoms with E-state index in [2.05, 4.69) is 69.7 Å². The Morgan fingerprint density at radius 2 is 2.00 bits per heavy atom. The number of halogens is 1. The minimum absolute atomic E-state index is 0.365. The molecule has 3 rings (SSSR count). The molecule has 1 saturated carbocycles. The summed E-state index contributed by atoms with van der Waals surface area (Å²) in [5, 5.41) is 7.02. The van der Waals surface area contributed by atoms with Gasteiger partial charge in [-0.05, 0) is 50.3 Å². The lowest BCUT2D eigenvalue weighted by atomic mass is 9.75. The van der Waals surface area contributed by atoms with Crippen molar-refractivity contribution < 1.29 is 0 Å². The number of hydrogen-bond donors (Lipinski definition) is 1. The molecule has 0 aliphatic heterocycles. The van der Waals surface area contributed by atoms with E-state index in [4.69, 9.17) is 0 Å². The highest BCUT2D eigenvalue weighted by molar-refractivity contribution is 9.10. The topological polar surface area (TPSA) is 24.9 Å². The third kappa shape index (κ3) is 3.13. The molecule has 1 aromatic heterocycles. The van der Waals surface area contributed by atoms with Gasteiger partial charge in [0.05, 0.1) is 6.04 Å². The first-order valence-corrected chi connectivity index (χ1v) is 8.72. The van der Waals surface area contributed by atoms with Gasteiger partial charge in [0, 0.05) is 21.6 Å². The first-order chi connectivity index (χ1) is 9.61. The van der Waals surface area contributed by atoms with E-state index in [1.54, 1.807) is 11.3 Å². The molecular weight excluding hydrogens is 332 g/mol. The van der Waals surface area contributed by atoms with Crippen LogP contribution >= 0.6 is 27.3 Å². The third-order valence-electron chi connectivity index (χ3n) is 3.97. The van der Waals surface area contributed by atoms with Gasteiger partial charge in [0.15, 0.2) is 0 Å². The van der Waals surface area contributed by atoms with Crippen molar-refractivity contribution in [3.63, 3.8) is 0 Å². The second kappa shape index (κ2) is 5.96. The Morgan fingerprint density at radius 1 is 1.30 bits per heavy atom. The standard InChI is InChI=1S/C16H19BrN2S/c1-10-9-20-16(18-10)11(2)19-15-7-13(8-15)12-3-5-14(17)6-4-12/h3-6,9,11,13,15,19H,7-8H2,1-2H3. The van der Waals surface area contributed by atoms with Gasteiger partial charge < -0.3 is 5.32 Å². The fourth-order valence-electron chi connectivity index (χ4n) is 2.76. The number of nitrogens with one attached hydrogen (secondary N) is 1. The molecule has 0 radical (unpaired) electrons. The number of thiazole rings is 1. The van der Waals surface area contributed by atoms with Crippen LogP contribution in [0.1, 0.15) is 48.0 Å². The average Bonchev–Trinajstić information content (AvgIpc) is 2.81. The highest BCUT2D eigenvalue weighted by atomic mass is 79.9. The summed E-state index contributed by atoms with van der Waals surface area (Å²) < 4.78 is 1.16. The zero-order valence-electron chi connectivity index (χ0n) is 11.8. The first kappa shape index (κ1) is 14.2. The van der Waals surface area contributed by atoms with E-state index >= 15 is 0 Å². The molecule has 4 heteroatoms. The molecule has 0 amide bonds. The van der Waals surface area contributed by atoms with Gasteiger partial charge in [-0.3, -0.25) is 0 Å². The van der Waals surface area contributed by atoms with Crippen LogP contribution in [0.25, 0.3) is 0 Å². The number of hydrogen-bond acceptors (Lipinski definition) is 3. The van der Waals surface area contributed by atoms with Crippen LogP contribution in [0.4, 0.5) is 0 Å². The van der Waals surface area contributed by atoms with Crippen LogP contribution in [-0.4, -0.2) is 11.0 Å². The van der Waals surface area contributed by atoms with E-state index in [1.165, 1.54) is 23.4 Å². The van der Waals surface area contributed by atoms with E-state index < -0.39 is 0 Å². The van der Waals surface area contributed by atoms with Gasteiger partial charge in [-0.25, -0.2) is 4.98 Å². The molecular formula is C16H19BrN2S. The molecule has 1 aromatic carbocycles. The Labute approximate surface area is 132 Å². The lowest BCUT2D eigenvalue weighted by molar-refractivity contribution is 0.270. The summed E-state index contributed by atoms with van der Waals surface area (Å²) in [5.74, 6) is 0.714. The van der Waals surface area contributed by atoms with E-state index in [-0.39, 0.29) is 0 Å². The molecule has 1 heterocycles. The highest BCUT2D eigenvalue weighted by Crippen LogP contribution is 2.38. The van der Waals surface area contributed by atoms with Crippen molar-refractivity contribution in [3.8, 4) is 0 Å². The fourth-order valence-corrected chi connectivity index (χ4v) is 3.83. The van der Waals surface area contributed by atoms with E-state index in [9.17, 15) is 0 Å². The summed E-state index contributed by atoms with van der Waals surface area (Å²) in [6.45, 7) is 4.27. The smallest absolute Gasteiger partial charge is 0.110 e. The van der Waals surface area contributed by atoms with Gasteiger partial charge in [0.25, 0.3) is 0 Å². The van der Waals surface area contributed by atoms with Crippen molar-refractivity contribution in [2.75, 3.05) is 0 Å². The van der Waals surface area contributed by atoms with Crippen LogP contribution < -0.4 is 5.32 Å². The van der Waals surface area contributed by atoms with Crippen molar-refractivity contribution in [2.45, 2.75) is 44.7 Å². The van der Waals surface area contributed by atoms with Gasteiger partial charge in [0.1, 0.15) is 5.01 Å². The van der Waals surface area contributed by atoms with Gasteiger partial charge in [-0.15, -0.1) is 11.3 Å². The monoisotopic (exact) mass is 350 g/mol. The summed E-state index contributed by atoms with van der Waals surface area (Å²) in [4.78, 5) is 4.56. The minimum atomic E-state index is 0.365. The molecule has 2 nitrogen and oxygen atoms in total. The number of nitrogens with zero attached hydrogens (tertiary/aromatic N) is 1. The van der Waals surface area contributed by atoms with Crippen LogP contribution in [0.5, 0.6) is 0 Å². The summed E-state index contributed by atoms with van der Waals surface area (Å²) in [6.07, 6.45) is 2.46. The Morgan fingerprint density at radius 3 is 2.60 bits per heavy atom. The largest absolute Gasteiger partial charge is 0.305 e. The van der Waals surface area contributed by atoms with Gasteiger partial charge in [0.2, 0.25) is 0 Å². The lowest BCUT2D eigenvalue weighted by Crippen LogP contribution is -2.41. The molecule has 1 atom stereocenters. The molecule has 2 aromatic rings. The number of rotatable bonds is 4. The number of benzene rings is 1. The highest BCUT2D eigenvalue weighted by Gasteiger charge is 2.31. The van der Waals surface area contributed by atoms with Gasteiger partial charge in [-0.1, -0.05) is 28.1 Å². The molecule has 1 fully saturated rings. The van der Waals surface area contributed by atoms with E-state index in [0.717, 1.165) is 10.2 Å². The maximum absolute atomic E-state index is 4.56. The summed E-state index contributed by atoms with van der Waals surface area (Å²) >= 11 is 5.24. The predicted molar refractivity (Wildman–Crippen MR) is 88.3 cm³/mol. The van der Waals surface area contributed by atoms with Crippen LogP contribution in [0.15, 0.2) is 34.1 Å². The van der Waals surface area contributed by atoms with E-state index in [1.807, 2.05) is 0 Å². The number of aromatic nitrogens is 1. The van der Waals surface area contributed by atoms with Crippen LogP contribution in [0.2, 0.25) is 0 Å². The Kier molecular flexibility index (Phi) is 4.24. The van der Waals surface area contributed by atoms with Crippen LogP contribution in [0, 0.1) is 6.92 Å². The molecule has 106 valence electrons. The minimum Gasteiger partial charge on any atom is -0.305 e. The van der Waals surface area contributed by atoms with Gasteiger partial charge >= 0.3 is 0 Å². The van der Waals surface area contributed by atoms with Crippen LogP contribution in [0.3, 0.4) is 0 Å². The van der Waals surface area contributed by atoms with Gasteiger partial charge in [-0.2, -0.15) is 0 Å². The van der Waals surface area contributed by atoms with Crippen molar-refractivity contribution >= 4 is 27.3 Å². The fraction of sp³-hybridized carbons (Fsp3) is 0.438. The summed E-state index contributed by atoms with van der Waals surface area (Å²) in [6, 6.07) is 9.73. The van der Waals surface area contributed by atoms with Crippen molar-refractivity contribution in [1.29, 1.82) is 0 Å². The molecule has 0 saturated heterocycles. The molecule has 1 unspecified atom stereocenters. The zero-order valence-corrected chi connectivity index (χ0v) is 14.2. The molecule has 20 heavy (non-hydrogen) atoms. The molecule has 0 bridgehead atoms. The Hall–Kier alpha value is -0.710. The quantitative estimate of drug-likeness (QED) is 0.855. The zero-order chi connectivity index (χ0) is 14.1. The maximum atomic E-state index is 4.56. The SMILES string of the molecule is Cc1csc(C(C)NC2CC(c3ccc(Br)cc3)C2)n1. The second-order valence-corrected chi connectivity index (χ2v) is 7.44. The second-order valence-electron chi connectivity index (χ2n) is 5.63. The lowest BCUT2D eigenvalue weighted by Gasteiger charge is -2.37.